The average Bonchev–Trinajstić information content (AvgIpc) is 2.59. The number of para-hydroxylation sites is 1. The molecule has 1 unspecified atom stereocenters. The summed E-state index contributed by atoms with van der Waals surface area (Å²) in [4.78, 5) is 13.4. The predicted octanol–water partition coefficient (Wildman–Crippen LogP) is 2.78. The Morgan fingerprint density at radius 3 is 2.78 bits per heavy atom. The zero-order chi connectivity index (χ0) is 13.1. The molecule has 2 rings (SSSR count). The van der Waals surface area contributed by atoms with E-state index in [1.165, 1.54) is 6.07 Å². The van der Waals surface area contributed by atoms with Gasteiger partial charge in [0.2, 0.25) is 5.91 Å². The van der Waals surface area contributed by atoms with Crippen molar-refractivity contribution in [3.05, 3.63) is 29.8 Å². The Morgan fingerprint density at radius 2 is 2.17 bits per heavy atom. The van der Waals surface area contributed by atoms with Crippen molar-refractivity contribution in [1.82, 2.24) is 4.90 Å². The molecule has 1 saturated heterocycles. The standard InChI is InChI=1S/C12H12BrF2NO2/c13-9-5-11(17)16(7-9)6-8-3-1-2-4-10(8)18-12(14)15/h1-4,9,12H,5-7H2. The number of amides is 1. The van der Waals surface area contributed by atoms with E-state index in [0.717, 1.165) is 0 Å². The first-order chi connectivity index (χ1) is 8.56. The normalized spacial score (nSPS) is 19.7. The number of alkyl halides is 3. The van der Waals surface area contributed by atoms with Gasteiger partial charge in [-0.05, 0) is 6.07 Å². The number of benzene rings is 1. The number of likely N-dealkylation sites (tertiary alicyclic amines) is 1. The molecule has 1 amide bonds. The molecule has 1 atom stereocenters. The van der Waals surface area contributed by atoms with E-state index in [1.54, 1.807) is 23.1 Å². The van der Waals surface area contributed by atoms with Crippen LogP contribution >= 0.6 is 15.9 Å². The first kappa shape index (κ1) is 13.3. The third kappa shape index (κ3) is 3.19. The van der Waals surface area contributed by atoms with Gasteiger partial charge in [0.15, 0.2) is 0 Å². The van der Waals surface area contributed by atoms with Crippen LogP contribution in [0.15, 0.2) is 24.3 Å². The number of carbonyl (C=O) groups is 1. The van der Waals surface area contributed by atoms with Crippen LogP contribution in [0, 0.1) is 0 Å². The Bertz CT molecular complexity index is 442. The van der Waals surface area contributed by atoms with Gasteiger partial charge in [0.25, 0.3) is 0 Å². The second kappa shape index (κ2) is 5.65. The molecule has 1 aromatic rings. The molecular weight excluding hydrogens is 308 g/mol. The van der Waals surface area contributed by atoms with E-state index in [9.17, 15) is 13.6 Å². The van der Waals surface area contributed by atoms with Crippen molar-refractivity contribution in [3.8, 4) is 5.75 Å². The smallest absolute Gasteiger partial charge is 0.387 e. The second-order valence-electron chi connectivity index (χ2n) is 4.06. The molecule has 0 aromatic heterocycles. The Hall–Kier alpha value is -1.17. The van der Waals surface area contributed by atoms with E-state index >= 15 is 0 Å². The minimum absolute atomic E-state index is 0.0173. The molecule has 1 aliphatic rings. The molecule has 1 aromatic carbocycles. The Morgan fingerprint density at radius 1 is 1.44 bits per heavy atom. The van der Waals surface area contributed by atoms with Crippen LogP contribution in [0.2, 0.25) is 0 Å². The minimum Gasteiger partial charge on any atom is -0.434 e. The summed E-state index contributed by atoms with van der Waals surface area (Å²) in [7, 11) is 0. The van der Waals surface area contributed by atoms with E-state index in [4.69, 9.17) is 0 Å². The molecule has 0 aliphatic carbocycles. The highest BCUT2D eigenvalue weighted by molar-refractivity contribution is 9.09. The van der Waals surface area contributed by atoms with Crippen molar-refractivity contribution < 1.29 is 18.3 Å². The molecule has 1 heterocycles. The van der Waals surface area contributed by atoms with Gasteiger partial charge in [-0.3, -0.25) is 4.79 Å². The third-order valence-electron chi connectivity index (χ3n) is 2.72. The molecular formula is C12H12BrF2NO2. The van der Waals surface area contributed by atoms with E-state index in [-0.39, 0.29) is 16.5 Å². The van der Waals surface area contributed by atoms with E-state index in [0.29, 0.717) is 25.1 Å². The number of hydrogen-bond acceptors (Lipinski definition) is 2. The van der Waals surface area contributed by atoms with Gasteiger partial charge in [0.1, 0.15) is 5.75 Å². The van der Waals surface area contributed by atoms with Crippen molar-refractivity contribution in [2.75, 3.05) is 6.54 Å². The van der Waals surface area contributed by atoms with Crippen LogP contribution in [0.3, 0.4) is 0 Å². The lowest BCUT2D eigenvalue weighted by Crippen LogP contribution is -2.25. The highest BCUT2D eigenvalue weighted by Gasteiger charge is 2.28. The molecule has 0 spiro atoms. The molecule has 18 heavy (non-hydrogen) atoms. The Labute approximate surface area is 112 Å². The molecule has 1 fully saturated rings. The predicted molar refractivity (Wildman–Crippen MR) is 65.8 cm³/mol. The lowest BCUT2D eigenvalue weighted by atomic mass is 10.2. The van der Waals surface area contributed by atoms with Gasteiger partial charge in [-0.1, -0.05) is 34.1 Å². The summed E-state index contributed by atoms with van der Waals surface area (Å²) in [5, 5.41) is 0. The Balaban J connectivity index is 2.11. The summed E-state index contributed by atoms with van der Waals surface area (Å²) in [6.07, 6.45) is 0.442. The van der Waals surface area contributed by atoms with Crippen LogP contribution in [0.25, 0.3) is 0 Å². The highest BCUT2D eigenvalue weighted by Crippen LogP contribution is 2.25. The molecule has 6 heteroatoms. The molecule has 98 valence electrons. The molecule has 0 bridgehead atoms. The van der Waals surface area contributed by atoms with Crippen LogP contribution < -0.4 is 4.74 Å². The van der Waals surface area contributed by atoms with Gasteiger partial charge in [0, 0.05) is 29.9 Å². The maximum atomic E-state index is 12.2. The summed E-state index contributed by atoms with van der Waals surface area (Å²) < 4.78 is 28.9. The lowest BCUT2D eigenvalue weighted by molar-refractivity contribution is -0.128. The molecule has 3 nitrogen and oxygen atoms in total. The van der Waals surface area contributed by atoms with Crippen molar-refractivity contribution in [2.45, 2.75) is 24.4 Å². The molecule has 0 radical (unpaired) electrons. The third-order valence-corrected chi connectivity index (χ3v) is 3.33. The van der Waals surface area contributed by atoms with E-state index < -0.39 is 6.61 Å². The van der Waals surface area contributed by atoms with Crippen LogP contribution in [-0.4, -0.2) is 28.8 Å². The fraction of sp³-hybridized carbons (Fsp3) is 0.417. The molecule has 0 N–H and O–H groups in total. The first-order valence-corrected chi connectivity index (χ1v) is 6.42. The van der Waals surface area contributed by atoms with Gasteiger partial charge < -0.3 is 9.64 Å². The fourth-order valence-corrected chi connectivity index (χ4v) is 2.55. The van der Waals surface area contributed by atoms with Crippen molar-refractivity contribution in [1.29, 1.82) is 0 Å². The number of nitrogens with zero attached hydrogens (tertiary/aromatic N) is 1. The average molecular weight is 320 g/mol. The highest BCUT2D eigenvalue weighted by atomic mass is 79.9. The van der Waals surface area contributed by atoms with Gasteiger partial charge in [-0.25, -0.2) is 0 Å². The van der Waals surface area contributed by atoms with Crippen molar-refractivity contribution in [2.24, 2.45) is 0 Å². The fourth-order valence-electron chi connectivity index (χ4n) is 1.93. The van der Waals surface area contributed by atoms with E-state index in [2.05, 4.69) is 20.7 Å². The molecule has 0 saturated carbocycles. The van der Waals surface area contributed by atoms with Crippen LogP contribution in [0.1, 0.15) is 12.0 Å². The summed E-state index contributed by atoms with van der Waals surface area (Å²) >= 11 is 3.38. The summed E-state index contributed by atoms with van der Waals surface area (Å²) in [6.45, 7) is -1.98. The van der Waals surface area contributed by atoms with E-state index in [1.807, 2.05) is 0 Å². The Kier molecular flexibility index (Phi) is 4.16. The van der Waals surface area contributed by atoms with Gasteiger partial charge >= 0.3 is 6.61 Å². The van der Waals surface area contributed by atoms with Crippen LogP contribution in [0.5, 0.6) is 5.75 Å². The van der Waals surface area contributed by atoms with Gasteiger partial charge in [-0.15, -0.1) is 0 Å². The number of hydrogen-bond donors (Lipinski definition) is 0. The lowest BCUT2D eigenvalue weighted by Gasteiger charge is -2.18. The largest absolute Gasteiger partial charge is 0.434 e. The summed E-state index contributed by atoms with van der Waals surface area (Å²) in [5.74, 6) is 0.141. The number of ether oxygens (including phenoxy) is 1. The number of carbonyl (C=O) groups excluding carboxylic acids is 1. The molecule has 1 aliphatic heterocycles. The maximum absolute atomic E-state index is 12.2. The van der Waals surface area contributed by atoms with Crippen LogP contribution in [0.4, 0.5) is 8.78 Å². The quantitative estimate of drug-likeness (QED) is 0.799. The zero-order valence-electron chi connectivity index (χ0n) is 9.48. The first-order valence-electron chi connectivity index (χ1n) is 5.51. The number of halogens is 3. The van der Waals surface area contributed by atoms with Gasteiger partial charge in [-0.2, -0.15) is 8.78 Å². The van der Waals surface area contributed by atoms with Gasteiger partial charge in [0.05, 0.1) is 0 Å². The van der Waals surface area contributed by atoms with Crippen LogP contribution in [-0.2, 0) is 11.3 Å². The summed E-state index contributed by atoms with van der Waals surface area (Å²) in [6, 6.07) is 6.53. The number of rotatable bonds is 4. The van der Waals surface area contributed by atoms with Crippen molar-refractivity contribution in [3.63, 3.8) is 0 Å². The topological polar surface area (TPSA) is 29.5 Å². The van der Waals surface area contributed by atoms with Crippen molar-refractivity contribution >= 4 is 21.8 Å². The monoisotopic (exact) mass is 319 g/mol. The summed E-state index contributed by atoms with van der Waals surface area (Å²) in [5.41, 5.74) is 0.591. The SMILES string of the molecule is O=C1CC(Br)CN1Cc1ccccc1OC(F)F. The maximum Gasteiger partial charge on any atom is 0.387 e. The minimum atomic E-state index is -2.86. The second-order valence-corrected chi connectivity index (χ2v) is 5.36. The zero-order valence-corrected chi connectivity index (χ0v) is 11.1.